The Morgan fingerprint density at radius 3 is 3.09 bits per heavy atom. The molecule has 2 atom stereocenters. The van der Waals surface area contributed by atoms with Gasteiger partial charge in [-0.25, -0.2) is 0 Å². The molecule has 1 spiro atoms. The van der Waals surface area contributed by atoms with E-state index >= 15 is 0 Å². The van der Waals surface area contributed by atoms with E-state index in [9.17, 15) is 0 Å². The second kappa shape index (κ2) is 1.99. The highest BCUT2D eigenvalue weighted by Crippen LogP contribution is 2.43. The number of ether oxygens (including phenoxy) is 1. The van der Waals surface area contributed by atoms with Crippen molar-refractivity contribution in [3.05, 3.63) is 0 Å². The van der Waals surface area contributed by atoms with Gasteiger partial charge >= 0.3 is 0 Å². The van der Waals surface area contributed by atoms with E-state index in [0.717, 1.165) is 12.6 Å². The number of epoxide rings is 1. The predicted molar refractivity (Wildman–Crippen MR) is 42.5 cm³/mol. The van der Waals surface area contributed by atoms with Crippen molar-refractivity contribution < 1.29 is 4.74 Å². The molecule has 3 heterocycles. The lowest BCUT2D eigenvalue weighted by Crippen LogP contribution is -2.41. The van der Waals surface area contributed by atoms with Crippen LogP contribution in [-0.4, -0.2) is 36.2 Å². The quantitative estimate of drug-likeness (QED) is 0.483. The lowest BCUT2D eigenvalue weighted by Gasteiger charge is -2.33. The van der Waals surface area contributed by atoms with Gasteiger partial charge in [-0.05, 0) is 32.2 Å². The topological polar surface area (TPSA) is 15.8 Å². The summed E-state index contributed by atoms with van der Waals surface area (Å²) >= 11 is 0. The highest BCUT2D eigenvalue weighted by molar-refractivity contribution is 5.02. The van der Waals surface area contributed by atoms with E-state index < -0.39 is 0 Å². The van der Waals surface area contributed by atoms with Gasteiger partial charge in [0.05, 0.1) is 12.2 Å². The van der Waals surface area contributed by atoms with Crippen LogP contribution in [0.15, 0.2) is 0 Å². The van der Waals surface area contributed by atoms with Crippen LogP contribution in [0.5, 0.6) is 0 Å². The number of hydrogen-bond donors (Lipinski definition) is 0. The molecule has 62 valence electrons. The number of rotatable bonds is 0. The Balaban J connectivity index is 1.75. The average Bonchev–Trinajstić information content (AvgIpc) is 2.63. The van der Waals surface area contributed by atoms with Gasteiger partial charge in [0, 0.05) is 12.6 Å². The number of nitrogens with zero attached hydrogens (tertiary/aromatic N) is 1. The second-order valence-electron chi connectivity index (χ2n) is 4.26. The first kappa shape index (κ1) is 6.44. The van der Waals surface area contributed by atoms with Crippen molar-refractivity contribution in [1.82, 2.24) is 4.90 Å². The number of hydrogen-bond acceptors (Lipinski definition) is 2. The molecule has 3 aliphatic rings. The lowest BCUT2D eigenvalue weighted by atomic mass is 9.92. The van der Waals surface area contributed by atoms with E-state index in [1.54, 1.807) is 0 Å². The van der Waals surface area contributed by atoms with Crippen LogP contribution in [-0.2, 0) is 4.74 Å². The summed E-state index contributed by atoms with van der Waals surface area (Å²) in [5, 5.41) is 0. The first-order valence-electron chi connectivity index (χ1n) is 4.76. The molecule has 3 fully saturated rings. The summed E-state index contributed by atoms with van der Waals surface area (Å²) in [6, 6.07) is 0.881. The van der Waals surface area contributed by atoms with E-state index in [1.807, 2.05) is 0 Å². The van der Waals surface area contributed by atoms with Crippen molar-refractivity contribution in [2.45, 2.75) is 37.3 Å². The van der Waals surface area contributed by atoms with Gasteiger partial charge in [0.2, 0.25) is 0 Å². The fourth-order valence-electron chi connectivity index (χ4n) is 2.66. The van der Waals surface area contributed by atoms with E-state index in [4.69, 9.17) is 4.74 Å². The molecule has 2 heteroatoms. The summed E-state index contributed by atoms with van der Waals surface area (Å²) in [6.07, 6.45) is 5.46. The van der Waals surface area contributed by atoms with Crippen LogP contribution in [0.3, 0.4) is 0 Å². The normalized spacial score (nSPS) is 49.6. The second-order valence-corrected chi connectivity index (χ2v) is 4.26. The zero-order chi connectivity index (χ0) is 7.31. The maximum absolute atomic E-state index is 5.52. The first-order chi connectivity index (χ1) is 5.38. The third-order valence-corrected chi connectivity index (χ3v) is 3.51. The SMILES string of the molecule is C1C[C@@H]2C[C@]3(CCN2C1)CO3. The van der Waals surface area contributed by atoms with E-state index in [1.165, 1.54) is 38.8 Å². The third-order valence-electron chi connectivity index (χ3n) is 3.51. The van der Waals surface area contributed by atoms with Crippen molar-refractivity contribution in [1.29, 1.82) is 0 Å². The van der Waals surface area contributed by atoms with Crippen LogP contribution >= 0.6 is 0 Å². The van der Waals surface area contributed by atoms with E-state index in [0.29, 0.717) is 5.60 Å². The summed E-state index contributed by atoms with van der Waals surface area (Å²) < 4.78 is 5.52. The Hall–Kier alpha value is -0.0800. The van der Waals surface area contributed by atoms with Crippen LogP contribution < -0.4 is 0 Å². The molecule has 0 aliphatic carbocycles. The maximum Gasteiger partial charge on any atom is 0.0943 e. The van der Waals surface area contributed by atoms with Crippen LogP contribution in [0, 0.1) is 0 Å². The largest absolute Gasteiger partial charge is 0.369 e. The Morgan fingerprint density at radius 2 is 2.27 bits per heavy atom. The Labute approximate surface area is 67.5 Å². The van der Waals surface area contributed by atoms with Crippen LogP contribution in [0.25, 0.3) is 0 Å². The van der Waals surface area contributed by atoms with Crippen molar-refractivity contribution in [3.8, 4) is 0 Å². The molecule has 0 aromatic rings. The minimum atomic E-state index is 0.380. The molecule has 3 saturated heterocycles. The molecular formula is C9H15NO. The van der Waals surface area contributed by atoms with Gasteiger partial charge < -0.3 is 9.64 Å². The molecule has 11 heavy (non-hydrogen) atoms. The minimum Gasteiger partial charge on any atom is -0.369 e. The van der Waals surface area contributed by atoms with Gasteiger partial charge in [0.1, 0.15) is 0 Å². The van der Waals surface area contributed by atoms with Gasteiger partial charge in [-0.15, -0.1) is 0 Å². The fourth-order valence-corrected chi connectivity index (χ4v) is 2.66. The van der Waals surface area contributed by atoms with Crippen molar-refractivity contribution in [3.63, 3.8) is 0 Å². The van der Waals surface area contributed by atoms with E-state index in [-0.39, 0.29) is 0 Å². The molecule has 0 radical (unpaired) electrons. The maximum atomic E-state index is 5.52. The van der Waals surface area contributed by atoms with Gasteiger partial charge in [-0.1, -0.05) is 0 Å². The smallest absolute Gasteiger partial charge is 0.0943 e. The van der Waals surface area contributed by atoms with Crippen LogP contribution in [0.1, 0.15) is 25.7 Å². The number of piperidine rings is 1. The van der Waals surface area contributed by atoms with Gasteiger partial charge in [-0.2, -0.15) is 0 Å². The monoisotopic (exact) mass is 153 g/mol. The average molecular weight is 153 g/mol. The summed E-state index contributed by atoms with van der Waals surface area (Å²) in [7, 11) is 0. The Bertz CT molecular complexity index is 176. The predicted octanol–water partition coefficient (Wildman–Crippen LogP) is 1.01. The van der Waals surface area contributed by atoms with Crippen LogP contribution in [0.4, 0.5) is 0 Å². The third kappa shape index (κ3) is 0.926. The molecule has 0 N–H and O–H groups in total. The minimum absolute atomic E-state index is 0.380. The first-order valence-corrected chi connectivity index (χ1v) is 4.76. The Kier molecular flexibility index (Phi) is 1.16. The van der Waals surface area contributed by atoms with Gasteiger partial charge in [0.15, 0.2) is 0 Å². The molecule has 0 unspecified atom stereocenters. The van der Waals surface area contributed by atoms with Gasteiger partial charge in [0.25, 0.3) is 0 Å². The highest BCUT2D eigenvalue weighted by atomic mass is 16.6. The molecule has 3 aliphatic heterocycles. The molecule has 0 saturated carbocycles. The molecule has 2 nitrogen and oxygen atoms in total. The van der Waals surface area contributed by atoms with Crippen molar-refractivity contribution >= 4 is 0 Å². The van der Waals surface area contributed by atoms with Gasteiger partial charge in [-0.3, -0.25) is 0 Å². The molecule has 0 aromatic heterocycles. The van der Waals surface area contributed by atoms with Crippen molar-refractivity contribution in [2.75, 3.05) is 19.7 Å². The number of fused-ring (bicyclic) bond motifs is 1. The molecule has 0 aromatic carbocycles. The molecule has 0 amide bonds. The molecule has 0 bridgehead atoms. The molecular weight excluding hydrogens is 138 g/mol. The summed E-state index contributed by atoms with van der Waals surface area (Å²) in [5.74, 6) is 0. The summed E-state index contributed by atoms with van der Waals surface area (Å²) in [6.45, 7) is 3.70. The standard InChI is InChI=1S/C9H15NO/c1-2-8-6-9(7-11-9)3-5-10(8)4-1/h8H,1-7H2/t8-,9-/m1/s1. The zero-order valence-electron chi connectivity index (χ0n) is 6.88. The van der Waals surface area contributed by atoms with Crippen LogP contribution in [0.2, 0.25) is 0 Å². The summed E-state index contributed by atoms with van der Waals surface area (Å²) in [4.78, 5) is 2.65. The van der Waals surface area contributed by atoms with E-state index in [2.05, 4.69) is 4.90 Å². The molecule has 3 rings (SSSR count). The Morgan fingerprint density at radius 1 is 1.36 bits per heavy atom. The summed E-state index contributed by atoms with van der Waals surface area (Å²) in [5.41, 5.74) is 0.380. The highest BCUT2D eigenvalue weighted by Gasteiger charge is 2.50. The lowest BCUT2D eigenvalue weighted by molar-refractivity contribution is 0.119. The fraction of sp³-hybridized carbons (Fsp3) is 1.00. The zero-order valence-corrected chi connectivity index (χ0v) is 6.88. The van der Waals surface area contributed by atoms with Crippen molar-refractivity contribution in [2.24, 2.45) is 0 Å².